The van der Waals surface area contributed by atoms with Gasteiger partial charge in [-0.25, -0.2) is 0 Å². The van der Waals surface area contributed by atoms with Gasteiger partial charge in [0.2, 0.25) is 0 Å². The summed E-state index contributed by atoms with van der Waals surface area (Å²) in [5, 5.41) is 9.68. The molecule has 0 aromatic heterocycles. The molecule has 2 nitrogen and oxygen atoms in total. The molecule has 1 aromatic rings. The molecule has 1 aromatic carbocycles. The first kappa shape index (κ1) is 8.91. The third-order valence-corrected chi connectivity index (χ3v) is 2.31. The zero-order valence-corrected chi connectivity index (χ0v) is 7.81. The summed E-state index contributed by atoms with van der Waals surface area (Å²) < 4.78 is 0. The van der Waals surface area contributed by atoms with E-state index in [0.29, 0.717) is 11.4 Å². The lowest BCUT2D eigenvalue weighted by Crippen LogP contribution is -1.96. The Hall–Kier alpha value is -1.18. The number of nitrogen functional groups attached to an aromatic ring is 1. The van der Waals surface area contributed by atoms with Crippen LogP contribution in [0.4, 0.5) is 5.69 Å². The maximum absolute atomic E-state index is 9.68. The number of hydrogen-bond donors (Lipinski definition) is 2. The normalized spacial score (nSPS) is 10.2. The van der Waals surface area contributed by atoms with Crippen LogP contribution in [0.3, 0.4) is 0 Å². The van der Waals surface area contributed by atoms with Crippen LogP contribution in [0.1, 0.15) is 23.6 Å². The number of anilines is 1. The number of aryl methyl sites for hydroxylation is 1. The van der Waals surface area contributed by atoms with Crippen LogP contribution >= 0.6 is 0 Å². The third kappa shape index (κ3) is 1.24. The SMILES string of the molecule is CCc1c(N)cc(C)c(C)c1O. The van der Waals surface area contributed by atoms with Gasteiger partial charge in [-0.1, -0.05) is 6.92 Å². The first-order valence-corrected chi connectivity index (χ1v) is 4.15. The van der Waals surface area contributed by atoms with Crippen molar-refractivity contribution in [2.45, 2.75) is 27.2 Å². The summed E-state index contributed by atoms with van der Waals surface area (Å²) in [6.45, 7) is 5.84. The van der Waals surface area contributed by atoms with Crippen molar-refractivity contribution in [2.24, 2.45) is 0 Å². The molecule has 0 aliphatic heterocycles. The van der Waals surface area contributed by atoms with Gasteiger partial charge in [0, 0.05) is 11.3 Å². The number of phenols is 1. The molecule has 0 bridgehead atoms. The molecule has 0 spiro atoms. The molecule has 66 valence electrons. The van der Waals surface area contributed by atoms with Crippen LogP contribution in [0, 0.1) is 13.8 Å². The fraction of sp³-hybridized carbons (Fsp3) is 0.400. The minimum absolute atomic E-state index is 0.356. The number of phenolic OH excluding ortho intramolecular Hbond substituents is 1. The van der Waals surface area contributed by atoms with E-state index in [9.17, 15) is 5.11 Å². The van der Waals surface area contributed by atoms with E-state index in [1.807, 2.05) is 26.8 Å². The van der Waals surface area contributed by atoms with Gasteiger partial charge in [-0.05, 0) is 37.5 Å². The standard InChI is InChI=1S/C10H15NO/c1-4-8-9(11)5-6(2)7(3)10(8)12/h5,12H,4,11H2,1-3H3. The van der Waals surface area contributed by atoms with Crippen LogP contribution in [-0.4, -0.2) is 5.11 Å². The molecule has 0 saturated heterocycles. The zero-order valence-electron chi connectivity index (χ0n) is 7.81. The molecule has 12 heavy (non-hydrogen) atoms. The molecule has 2 heteroatoms. The fourth-order valence-electron chi connectivity index (χ4n) is 1.35. The van der Waals surface area contributed by atoms with Crippen LogP contribution in [0.5, 0.6) is 5.75 Å². The Kier molecular flexibility index (Phi) is 2.27. The molecule has 0 saturated carbocycles. The maximum Gasteiger partial charge on any atom is 0.123 e. The summed E-state index contributed by atoms with van der Waals surface area (Å²) in [5.74, 6) is 0.356. The topological polar surface area (TPSA) is 46.2 Å². The third-order valence-electron chi connectivity index (χ3n) is 2.31. The lowest BCUT2D eigenvalue weighted by Gasteiger charge is -2.10. The molecule has 0 aliphatic rings. The summed E-state index contributed by atoms with van der Waals surface area (Å²) in [4.78, 5) is 0. The first-order chi connectivity index (χ1) is 5.57. The lowest BCUT2D eigenvalue weighted by molar-refractivity contribution is 0.464. The molecule has 1 rings (SSSR count). The van der Waals surface area contributed by atoms with E-state index in [2.05, 4.69) is 0 Å². The predicted octanol–water partition coefficient (Wildman–Crippen LogP) is 2.15. The van der Waals surface area contributed by atoms with Gasteiger partial charge < -0.3 is 10.8 Å². The minimum atomic E-state index is 0.356. The van der Waals surface area contributed by atoms with Gasteiger partial charge >= 0.3 is 0 Å². The van der Waals surface area contributed by atoms with Crippen molar-refractivity contribution >= 4 is 5.69 Å². The van der Waals surface area contributed by atoms with Gasteiger partial charge in [0.15, 0.2) is 0 Å². The summed E-state index contributed by atoms with van der Waals surface area (Å²) in [5.41, 5.74) is 9.27. The molecular formula is C10H15NO. The molecule has 0 atom stereocenters. The number of aromatic hydroxyl groups is 1. The Morgan fingerprint density at radius 2 is 2.00 bits per heavy atom. The van der Waals surface area contributed by atoms with Gasteiger partial charge in [0.25, 0.3) is 0 Å². The number of benzene rings is 1. The van der Waals surface area contributed by atoms with E-state index >= 15 is 0 Å². The van der Waals surface area contributed by atoms with Crippen molar-refractivity contribution in [3.8, 4) is 5.75 Å². The summed E-state index contributed by atoms with van der Waals surface area (Å²) in [6, 6.07) is 1.91. The molecule has 0 aliphatic carbocycles. The minimum Gasteiger partial charge on any atom is -0.507 e. The Morgan fingerprint density at radius 3 is 2.50 bits per heavy atom. The van der Waals surface area contributed by atoms with Gasteiger partial charge in [0.1, 0.15) is 5.75 Å². The fourth-order valence-corrected chi connectivity index (χ4v) is 1.35. The van der Waals surface area contributed by atoms with Gasteiger partial charge in [0.05, 0.1) is 0 Å². The Labute approximate surface area is 73.0 Å². The smallest absolute Gasteiger partial charge is 0.123 e. The predicted molar refractivity (Wildman–Crippen MR) is 51.4 cm³/mol. The molecule has 0 fully saturated rings. The van der Waals surface area contributed by atoms with Crippen molar-refractivity contribution < 1.29 is 5.11 Å². The van der Waals surface area contributed by atoms with E-state index < -0.39 is 0 Å². The van der Waals surface area contributed by atoms with E-state index in [-0.39, 0.29) is 0 Å². The van der Waals surface area contributed by atoms with Gasteiger partial charge in [-0.2, -0.15) is 0 Å². The van der Waals surface area contributed by atoms with E-state index in [1.54, 1.807) is 0 Å². The van der Waals surface area contributed by atoms with Crippen LogP contribution in [0.2, 0.25) is 0 Å². The largest absolute Gasteiger partial charge is 0.507 e. The second-order valence-electron chi connectivity index (χ2n) is 3.09. The molecule has 3 N–H and O–H groups in total. The maximum atomic E-state index is 9.68. The van der Waals surface area contributed by atoms with E-state index in [4.69, 9.17) is 5.73 Å². The van der Waals surface area contributed by atoms with E-state index in [1.165, 1.54) is 0 Å². The Morgan fingerprint density at radius 1 is 1.42 bits per heavy atom. The summed E-state index contributed by atoms with van der Waals surface area (Å²) in [6.07, 6.45) is 0.777. The number of hydrogen-bond acceptors (Lipinski definition) is 2. The highest BCUT2D eigenvalue weighted by Crippen LogP contribution is 2.30. The molecule has 0 radical (unpaired) electrons. The van der Waals surface area contributed by atoms with Gasteiger partial charge in [-0.3, -0.25) is 0 Å². The van der Waals surface area contributed by atoms with Crippen LogP contribution in [0.25, 0.3) is 0 Å². The lowest BCUT2D eigenvalue weighted by atomic mass is 10.0. The molecule has 0 amide bonds. The first-order valence-electron chi connectivity index (χ1n) is 4.15. The van der Waals surface area contributed by atoms with Crippen molar-refractivity contribution in [1.29, 1.82) is 0 Å². The summed E-state index contributed by atoms with van der Waals surface area (Å²) in [7, 11) is 0. The second kappa shape index (κ2) is 3.05. The highest BCUT2D eigenvalue weighted by atomic mass is 16.3. The highest BCUT2D eigenvalue weighted by Gasteiger charge is 2.08. The zero-order chi connectivity index (χ0) is 9.30. The van der Waals surface area contributed by atoms with Crippen molar-refractivity contribution in [3.63, 3.8) is 0 Å². The Bertz CT molecular complexity index is 305. The quantitative estimate of drug-likeness (QED) is 0.626. The average Bonchev–Trinajstić information content (AvgIpc) is 2.01. The van der Waals surface area contributed by atoms with Crippen LogP contribution in [-0.2, 0) is 6.42 Å². The average molecular weight is 165 g/mol. The number of rotatable bonds is 1. The van der Waals surface area contributed by atoms with Crippen LogP contribution in [0.15, 0.2) is 6.07 Å². The number of nitrogens with two attached hydrogens (primary N) is 1. The van der Waals surface area contributed by atoms with Crippen LogP contribution < -0.4 is 5.73 Å². The Balaban J connectivity index is 3.40. The highest BCUT2D eigenvalue weighted by molar-refractivity contribution is 5.59. The molecule has 0 unspecified atom stereocenters. The van der Waals surface area contributed by atoms with E-state index in [0.717, 1.165) is 23.1 Å². The van der Waals surface area contributed by atoms with Crippen molar-refractivity contribution in [2.75, 3.05) is 5.73 Å². The van der Waals surface area contributed by atoms with Crippen molar-refractivity contribution in [1.82, 2.24) is 0 Å². The monoisotopic (exact) mass is 165 g/mol. The second-order valence-corrected chi connectivity index (χ2v) is 3.09. The molecular weight excluding hydrogens is 150 g/mol. The van der Waals surface area contributed by atoms with Gasteiger partial charge in [-0.15, -0.1) is 0 Å². The summed E-state index contributed by atoms with van der Waals surface area (Å²) >= 11 is 0. The van der Waals surface area contributed by atoms with Crippen molar-refractivity contribution in [3.05, 3.63) is 22.8 Å². The molecule has 0 heterocycles.